The molecule has 7 rings (SSSR count). The molecule has 4 bridgehead atoms. The monoisotopic (exact) mass is 441 g/mol. The minimum atomic E-state index is -0.831. The number of aliphatic hydroxyl groups is 1. The van der Waals surface area contributed by atoms with Crippen molar-refractivity contribution in [2.75, 3.05) is 11.9 Å². The number of hydrogen-bond donors (Lipinski definition) is 3. The fourth-order valence-corrected chi connectivity index (χ4v) is 7.80. The van der Waals surface area contributed by atoms with Crippen LogP contribution in [-0.2, 0) is 0 Å². The summed E-state index contributed by atoms with van der Waals surface area (Å²) >= 11 is 6.09. The maximum Gasteiger partial charge on any atom is 0.407 e. The summed E-state index contributed by atoms with van der Waals surface area (Å²) in [5, 5.41) is 26.2. The Bertz CT molecular complexity index is 1030. The third-order valence-electron chi connectivity index (χ3n) is 8.39. The smallest absolute Gasteiger partial charge is 0.407 e. The van der Waals surface area contributed by atoms with Crippen molar-refractivity contribution < 1.29 is 15.0 Å². The number of amides is 1. The second-order valence-electron chi connectivity index (χ2n) is 10.3. The van der Waals surface area contributed by atoms with Crippen LogP contribution >= 0.6 is 11.6 Å². The van der Waals surface area contributed by atoms with Crippen molar-refractivity contribution in [1.82, 2.24) is 9.88 Å². The number of benzene rings is 1. The van der Waals surface area contributed by atoms with E-state index in [2.05, 4.69) is 5.32 Å². The molecule has 0 radical (unpaired) electrons. The standard InChI is InChI=1S/C24H28ClN3O3/c25-17-2-3-18-14(9-17)1-4-20(26-18)27-19-5-6-28(23(29)30)22(19)21-15-7-13-8-16(21)12-24(31,10-13)11-15/h1-4,9,13,15-16,19,21-22,31H,5-8,10-12H2,(H,26,27)(H,29,30)/t13?,15-,16?,19?,21?,22-,24?/m0/s1. The SMILES string of the molecule is O=C(O)N1CCC(Nc2ccc3cc(Cl)ccc3n2)[C@H]1C1C2CC3C[C@H]1CC(O)(C3)C2. The molecule has 31 heavy (non-hydrogen) atoms. The summed E-state index contributed by atoms with van der Waals surface area (Å²) in [4.78, 5) is 18.6. The van der Waals surface area contributed by atoms with Gasteiger partial charge in [0.1, 0.15) is 5.82 Å². The first-order chi connectivity index (χ1) is 14.9. The maximum absolute atomic E-state index is 12.1. The molecule has 6 nitrogen and oxygen atoms in total. The topological polar surface area (TPSA) is 85.7 Å². The second kappa shape index (κ2) is 6.97. The van der Waals surface area contributed by atoms with Gasteiger partial charge in [0.05, 0.1) is 23.2 Å². The van der Waals surface area contributed by atoms with E-state index >= 15 is 0 Å². The summed E-state index contributed by atoms with van der Waals surface area (Å²) in [5.74, 6) is 2.53. The van der Waals surface area contributed by atoms with Gasteiger partial charge in [0, 0.05) is 17.0 Å². The van der Waals surface area contributed by atoms with Gasteiger partial charge in [-0.1, -0.05) is 11.6 Å². The Labute approximate surface area is 186 Å². The molecule has 2 aromatic rings. The molecular weight excluding hydrogens is 414 g/mol. The van der Waals surface area contributed by atoms with E-state index in [1.165, 1.54) is 0 Å². The van der Waals surface area contributed by atoms with Crippen LogP contribution in [0.1, 0.15) is 38.5 Å². The first kappa shape index (κ1) is 19.6. The highest BCUT2D eigenvalue weighted by atomic mass is 35.5. The van der Waals surface area contributed by atoms with Crippen LogP contribution in [0.2, 0.25) is 5.02 Å². The Balaban J connectivity index is 1.30. The zero-order valence-corrected chi connectivity index (χ0v) is 18.1. The van der Waals surface area contributed by atoms with Crippen molar-refractivity contribution in [3.8, 4) is 0 Å². The number of fused-ring (bicyclic) bond motifs is 1. The van der Waals surface area contributed by atoms with Crippen LogP contribution in [0.15, 0.2) is 30.3 Å². The highest BCUT2D eigenvalue weighted by molar-refractivity contribution is 6.31. The third kappa shape index (κ3) is 3.26. The first-order valence-electron chi connectivity index (χ1n) is 11.4. The molecule has 1 aliphatic heterocycles. The predicted molar refractivity (Wildman–Crippen MR) is 119 cm³/mol. The molecule has 1 saturated heterocycles. The van der Waals surface area contributed by atoms with Gasteiger partial charge in [-0.25, -0.2) is 9.78 Å². The molecule has 5 aliphatic rings. The molecule has 1 aromatic carbocycles. The van der Waals surface area contributed by atoms with Gasteiger partial charge in [0.15, 0.2) is 0 Å². The maximum atomic E-state index is 12.1. The average Bonchev–Trinajstić information content (AvgIpc) is 3.10. The van der Waals surface area contributed by atoms with Crippen LogP contribution in [0.5, 0.6) is 0 Å². The van der Waals surface area contributed by atoms with E-state index in [9.17, 15) is 15.0 Å². The Hall–Kier alpha value is -2.05. The average molecular weight is 442 g/mol. The van der Waals surface area contributed by atoms with Gasteiger partial charge in [-0.2, -0.15) is 0 Å². The molecule has 5 unspecified atom stereocenters. The number of likely N-dealkylation sites (tertiary alicyclic amines) is 1. The van der Waals surface area contributed by atoms with Gasteiger partial charge in [-0.05, 0) is 92.5 Å². The Morgan fingerprint density at radius 2 is 1.94 bits per heavy atom. The lowest BCUT2D eigenvalue weighted by Crippen LogP contribution is -2.61. The first-order valence-corrected chi connectivity index (χ1v) is 11.8. The zero-order chi connectivity index (χ0) is 21.3. The zero-order valence-electron chi connectivity index (χ0n) is 17.4. The van der Waals surface area contributed by atoms with Crippen LogP contribution in [0, 0.1) is 23.7 Å². The molecule has 4 saturated carbocycles. The highest BCUT2D eigenvalue weighted by Gasteiger charge is 2.59. The summed E-state index contributed by atoms with van der Waals surface area (Å²) in [6.07, 6.45) is 4.81. The molecule has 3 N–H and O–H groups in total. The molecule has 0 spiro atoms. The van der Waals surface area contributed by atoms with Crippen LogP contribution < -0.4 is 5.32 Å². The van der Waals surface area contributed by atoms with Gasteiger partial charge in [0.2, 0.25) is 0 Å². The van der Waals surface area contributed by atoms with Crippen molar-refractivity contribution in [3.05, 3.63) is 35.4 Å². The summed E-state index contributed by atoms with van der Waals surface area (Å²) in [6.45, 7) is 0.546. The fraction of sp³-hybridized carbons (Fsp3) is 0.583. The lowest BCUT2D eigenvalue weighted by molar-refractivity contribution is -0.162. The van der Waals surface area contributed by atoms with Gasteiger partial charge in [0.25, 0.3) is 0 Å². The number of aromatic nitrogens is 1. The van der Waals surface area contributed by atoms with Gasteiger partial charge in [-0.3, -0.25) is 0 Å². The van der Waals surface area contributed by atoms with Crippen LogP contribution in [0.25, 0.3) is 10.9 Å². The third-order valence-corrected chi connectivity index (χ3v) is 8.63. The summed E-state index contributed by atoms with van der Waals surface area (Å²) in [6, 6.07) is 9.58. The number of nitrogens with zero attached hydrogens (tertiary/aromatic N) is 2. The number of nitrogens with one attached hydrogen (secondary N) is 1. The lowest BCUT2D eigenvalue weighted by Gasteiger charge is -2.60. The molecular formula is C24H28ClN3O3. The molecule has 5 fully saturated rings. The number of halogens is 1. The molecule has 164 valence electrons. The number of hydrogen-bond acceptors (Lipinski definition) is 4. The van der Waals surface area contributed by atoms with E-state index in [1.807, 2.05) is 30.3 Å². The Morgan fingerprint density at radius 1 is 1.16 bits per heavy atom. The molecule has 4 aliphatic carbocycles. The molecule has 7 atom stereocenters. The largest absolute Gasteiger partial charge is 0.465 e. The normalized spacial score (nSPS) is 38.7. The van der Waals surface area contributed by atoms with Gasteiger partial charge >= 0.3 is 6.09 Å². The van der Waals surface area contributed by atoms with Crippen LogP contribution in [0.4, 0.5) is 10.6 Å². The fourth-order valence-electron chi connectivity index (χ4n) is 7.62. The van der Waals surface area contributed by atoms with Crippen molar-refractivity contribution in [2.45, 2.75) is 56.2 Å². The van der Waals surface area contributed by atoms with E-state index in [1.54, 1.807) is 4.90 Å². The number of pyridine rings is 1. The van der Waals surface area contributed by atoms with Crippen molar-refractivity contribution in [1.29, 1.82) is 0 Å². The van der Waals surface area contributed by atoms with Crippen LogP contribution in [0.3, 0.4) is 0 Å². The molecule has 7 heteroatoms. The summed E-state index contributed by atoms with van der Waals surface area (Å²) in [7, 11) is 0. The molecule has 1 aromatic heterocycles. The van der Waals surface area contributed by atoms with Crippen molar-refractivity contribution >= 4 is 34.4 Å². The van der Waals surface area contributed by atoms with Crippen LogP contribution in [-0.4, -0.2) is 50.4 Å². The van der Waals surface area contributed by atoms with Gasteiger partial charge in [-0.15, -0.1) is 0 Å². The Morgan fingerprint density at radius 3 is 2.65 bits per heavy atom. The van der Waals surface area contributed by atoms with Crippen molar-refractivity contribution in [2.24, 2.45) is 23.7 Å². The van der Waals surface area contributed by atoms with Crippen molar-refractivity contribution in [3.63, 3.8) is 0 Å². The molecule has 2 heterocycles. The number of rotatable bonds is 3. The number of carbonyl (C=O) groups is 1. The van der Waals surface area contributed by atoms with E-state index in [0.717, 1.165) is 55.2 Å². The van der Waals surface area contributed by atoms with E-state index in [4.69, 9.17) is 16.6 Å². The van der Waals surface area contributed by atoms with Gasteiger partial charge < -0.3 is 20.4 Å². The highest BCUT2D eigenvalue weighted by Crippen LogP contribution is 2.60. The Kier molecular flexibility index (Phi) is 4.41. The van der Waals surface area contributed by atoms with E-state index in [0.29, 0.717) is 35.2 Å². The predicted octanol–water partition coefficient (Wildman–Crippen LogP) is 4.61. The van der Waals surface area contributed by atoms with E-state index < -0.39 is 11.7 Å². The lowest BCUT2D eigenvalue weighted by atomic mass is 9.48. The second-order valence-corrected chi connectivity index (χ2v) is 10.7. The quantitative estimate of drug-likeness (QED) is 0.647. The summed E-state index contributed by atoms with van der Waals surface area (Å²) in [5.41, 5.74) is 0.361. The minimum absolute atomic E-state index is 0.0329. The number of anilines is 1. The number of carboxylic acid groups (broad SMARTS) is 1. The summed E-state index contributed by atoms with van der Waals surface area (Å²) < 4.78 is 0. The minimum Gasteiger partial charge on any atom is -0.465 e. The molecule has 1 amide bonds. The van der Waals surface area contributed by atoms with E-state index in [-0.39, 0.29) is 12.1 Å².